The van der Waals surface area contributed by atoms with Crippen LogP contribution in [-0.2, 0) is 4.79 Å². The Morgan fingerprint density at radius 1 is 1.69 bits per heavy atom. The van der Waals surface area contributed by atoms with Crippen molar-refractivity contribution in [2.75, 3.05) is 0 Å². The van der Waals surface area contributed by atoms with Crippen LogP contribution >= 0.6 is 11.3 Å². The predicted octanol–water partition coefficient (Wildman–Crippen LogP) is 1.98. The molecule has 0 aliphatic carbocycles. The third kappa shape index (κ3) is 3.03. The number of carbonyl (C=O) groups excluding carboxylic acids is 1. The molecular formula is C10H14N2O3S. The lowest BCUT2D eigenvalue weighted by Crippen LogP contribution is -2.38. The number of thiophene rings is 1. The lowest BCUT2D eigenvalue weighted by Gasteiger charge is -2.19. The zero-order valence-electron chi connectivity index (χ0n) is 9.17. The molecule has 0 aliphatic heterocycles. The summed E-state index contributed by atoms with van der Waals surface area (Å²) >= 11 is 1.41. The van der Waals surface area contributed by atoms with Crippen LogP contribution in [0.1, 0.15) is 31.2 Å². The molecule has 1 amide bonds. The van der Waals surface area contributed by atoms with Crippen molar-refractivity contribution < 1.29 is 9.72 Å². The Kier molecular flexibility index (Phi) is 4.42. The normalized spacial score (nSPS) is 14.1. The molecule has 88 valence electrons. The van der Waals surface area contributed by atoms with Crippen LogP contribution in [0, 0.1) is 10.1 Å². The van der Waals surface area contributed by atoms with Crippen LogP contribution < -0.4 is 5.32 Å². The van der Waals surface area contributed by atoms with Gasteiger partial charge in [0.2, 0.25) is 11.9 Å². The number of hydrogen-bond donors (Lipinski definition) is 1. The number of nitrogens with one attached hydrogen (secondary N) is 1. The monoisotopic (exact) mass is 242 g/mol. The van der Waals surface area contributed by atoms with Crippen molar-refractivity contribution >= 4 is 17.2 Å². The number of amides is 1. The quantitative estimate of drug-likeness (QED) is 0.634. The summed E-state index contributed by atoms with van der Waals surface area (Å²) in [6, 6.07) is 2.32. The van der Waals surface area contributed by atoms with Crippen molar-refractivity contribution in [1.29, 1.82) is 0 Å². The topological polar surface area (TPSA) is 72.2 Å². The van der Waals surface area contributed by atoms with Crippen molar-refractivity contribution in [3.63, 3.8) is 0 Å². The summed E-state index contributed by atoms with van der Waals surface area (Å²) in [5, 5.41) is 15.4. The van der Waals surface area contributed by atoms with E-state index in [1.54, 1.807) is 13.0 Å². The second-order valence-corrected chi connectivity index (χ2v) is 4.43. The lowest BCUT2D eigenvalue weighted by atomic mass is 10.0. The summed E-state index contributed by atoms with van der Waals surface area (Å²) in [6.07, 6.45) is 0.385. The van der Waals surface area contributed by atoms with E-state index >= 15 is 0 Å². The molecule has 0 aromatic carbocycles. The highest BCUT2D eigenvalue weighted by molar-refractivity contribution is 7.10. The van der Waals surface area contributed by atoms with Crippen LogP contribution in [0.25, 0.3) is 0 Å². The summed E-state index contributed by atoms with van der Waals surface area (Å²) < 4.78 is 0. The molecule has 1 aromatic heterocycles. The lowest BCUT2D eigenvalue weighted by molar-refractivity contribution is -0.528. The van der Waals surface area contributed by atoms with E-state index in [1.165, 1.54) is 18.3 Å². The minimum absolute atomic E-state index is 0.251. The fraction of sp³-hybridized carbons (Fsp3) is 0.500. The summed E-state index contributed by atoms with van der Waals surface area (Å²) in [5.41, 5.74) is 0. The molecule has 0 saturated carbocycles. The van der Waals surface area contributed by atoms with E-state index in [4.69, 9.17) is 0 Å². The molecule has 2 atom stereocenters. The van der Waals surface area contributed by atoms with Crippen molar-refractivity contribution in [1.82, 2.24) is 5.32 Å². The maximum atomic E-state index is 11.1. The van der Waals surface area contributed by atoms with Crippen LogP contribution in [0.2, 0.25) is 0 Å². The molecule has 0 radical (unpaired) electrons. The van der Waals surface area contributed by atoms with E-state index in [0.717, 1.165) is 4.88 Å². The number of rotatable bonds is 5. The molecule has 6 heteroatoms. The minimum atomic E-state index is -0.775. The summed E-state index contributed by atoms with van der Waals surface area (Å²) in [6.45, 7) is 3.11. The van der Waals surface area contributed by atoms with Gasteiger partial charge in [-0.25, -0.2) is 0 Å². The van der Waals surface area contributed by atoms with Crippen LogP contribution in [0.15, 0.2) is 17.5 Å². The van der Waals surface area contributed by atoms with Crippen molar-refractivity contribution in [2.45, 2.75) is 32.4 Å². The average molecular weight is 242 g/mol. The summed E-state index contributed by atoms with van der Waals surface area (Å²) in [4.78, 5) is 22.5. The molecule has 0 spiro atoms. The Bertz CT molecular complexity index is 364. The first-order valence-corrected chi connectivity index (χ1v) is 5.88. The molecule has 16 heavy (non-hydrogen) atoms. The molecule has 2 unspecified atom stereocenters. The summed E-state index contributed by atoms with van der Waals surface area (Å²) in [7, 11) is 0. The van der Waals surface area contributed by atoms with E-state index in [2.05, 4.69) is 5.32 Å². The van der Waals surface area contributed by atoms with Crippen LogP contribution in [0.5, 0.6) is 0 Å². The van der Waals surface area contributed by atoms with Crippen LogP contribution in [0.3, 0.4) is 0 Å². The maximum absolute atomic E-state index is 11.1. The molecule has 0 saturated heterocycles. The highest BCUT2D eigenvalue weighted by Crippen LogP contribution is 2.25. The third-order valence-electron chi connectivity index (χ3n) is 2.28. The zero-order chi connectivity index (χ0) is 12.1. The highest BCUT2D eigenvalue weighted by atomic mass is 32.1. The van der Waals surface area contributed by atoms with E-state index in [1.807, 2.05) is 11.4 Å². The van der Waals surface area contributed by atoms with E-state index in [9.17, 15) is 14.9 Å². The number of hydrogen-bond acceptors (Lipinski definition) is 4. The fourth-order valence-corrected chi connectivity index (χ4v) is 2.38. The van der Waals surface area contributed by atoms with E-state index in [-0.39, 0.29) is 10.8 Å². The van der Waals surface area contributed by atoms with Crippen molar-refractivity contribution in [3.05, 3.63) is 32.5 Å². The number of nitrogens with zero attached hydrogens (tertiary/aromatic N) is 1. The minimum Gasteiger partial charge on any atom is -0.342 e. The fourth-order valence-electron chi connectivity index (χ4n) is 1.55. The van der Waals surface area contributed by atoms with Gasteiger partial charge in [-0.3, -0.25) is 14.9 Å². The first-order valence-electron chi connectivity index (χ1n) is 5.00. The van der Waals surface area contributed by atoms with Crippen molar-refractivity contribution in [2.24, 2.45) is 0 Å². The van der Waals surface area contributed by atoms with Gasteiger partial charge in [-0.1, -0.05) is 13.0 Å². The van der Waals surface area contributed by atoms with Gasteiger partial charge in [0.25, 0.3) is 0 Å². The Hall–Kier alpha value is -1.43. The standard InChI is InChI=1S/C10H14N2O3S/c1-3-8(12(14)15)10(11-7(2)13)9-5-4-6-16-9/h4-6,8,10H,3H2,1-2H3,(H,11,13). The second kappa shape index (κ2) is 5.60. The maximum Gasteiger partial charge on any atom is 0.237 e. The Labute approximate surface area is 97.6 Å². The molecular weight excluding hydrogens is 228 g/mol. The average Bonchev–Trinajstić information content (AvgIpc) is 2.68. The van der Waals surface area contributed by atoms with Gasteiger partial charge < -0.3 is 5.32 Å². The smallest absolute Gasteiger partial charge is 0.237 e. The van der Waals surface area contributed by atoms with E-state index in [0.29, 0.717) is 6.42 Å². The largest absolute Gasteiger partial charge is 0.342 e. The van der Waals surface area contributed by atoms with Gasteiger partial charge in [-0.05, 0) is 11.4 Å². The third-order valence-corrected chi connectivity index (χ3v) is 3.24. The van der Waals surface area contributed by atoms with Gasteiger partial charge in [-0.2, -0.15) is 0 Å². The van der Waals surface area contributed by atoms with Gasteiger partial charge in [0.1, 0.15) is 6.04 Å². The predicted molar refractivity (Wildman–Crippen MR) is 62.0 cm³/mol. The molecule has 0 bridgehead atoms. The van der Waals surface area contributed by atoms with Crippen LogP contribution in [0.4, 0.5) is 0 Å². The van der Waals surface area contributed by atoms with Crippen molar-refractivity contribution in [3.8, 4) is 0 Å². The van der Waals surface area contributed by atoms with Gasteiger partial charge in [0.05, 0.1) is 0 Å². The van der Waals surface area contributed by atoms with Gasteiger partial charge >= 0.3 is 0 Å². The first kappa shape index (κ1) is 12.6. The Morgan fingerprint density at radius 2 is 2.38 bits per heavy atom. The van der Waals surface area contributed by atoms with Gasteiger partial charge in [0, 0.05) is 23.1 Å². The molecule has 1 aromatic rings. The molecule has 1 N–H and O–H groups in total. The summed E-state index contributed by atoms with van der Waals surface area (Å²) in [5.74, 6) is -0.251. The first-order chi connectivity index (χ1) is 7.56. The molecule has 5 nitrogen and oxygen atoms in total. The highest BCUT2D eigenvalue weighted by Gasteiger charge is 2.32. The second-order valence-electron chi connectivity index (χ2n) is 3.45. The zero-order valence-corrected chi connectivity index (χ0v) is 9.99. The molecule has 0 fully saturated rings. The van der Waals surface area contributed by atoms with Gasteiger partial charge in [0.15, 0.2) is 0 Å². The van der Waals surface area contributed by atoms with Crippen LogP contribution in [-0.4, -0.2) is 16.9 Å². The Balaban J connectivity index is 2.94. The molecule has 1 heterocycles. The Morgan fingerprint density at radius 3 is 2.75 bits per heavy atom. The number of nitro groups is 1. The SMILES string of the molecule is CCC(C(NC(C)=O)c1cccs1)[N+](=O)[O-]. The van der Waals surface area contributed by atoms with E-state index < -0.39 is 12.1 Å². The molecule has 1 rings (SSSR count). The molecule has 0 aliphatic rings. The number of carbonyl (C=O) groups is 1. The van der Waals surface area contributed by atoms with Gasteiger partial charge in [-0.15, -0.1) is 11.3 Å².